The third kappa shape index (κ3) is 2.07. The number of rotatable bonds is 1. The molecule has 0 spiro atoms. The summed E-state index contributed by atoms with van der Waals surface area (Å²) in [6, 6.07) is 11.7. The number of pyridine rings is 1. The summed E-state index contributed by atoms with van der Waals surface area (Å²) in [4.78, 5) is 19.0. The van der Waals surface area contributed by atoms with Crippen LogP contribution in [-0.4, -0.2) is 23.5 Å². The molecule has 0 bridgehead atoms. The second-order valence-corrected chi connectivity index (χ2v) is 5.48. The lowest BCUT2D eigenvalue weighted by Crippen LogP contribution is -2.44. The maximum Gasteiger partial charge on any atom is 0.268 e. The number of aryl methyl sites for hydroxylation is 1. The van der Waals surface area contributed by atoms with Crippen LogP contribution < -0.4 is 9.64 Å². The largest absolute Gasteiger partial charge is 0.480 e. The Morgan fingerprint density at radius 1 is 1.24 bits per heavy atom. The van der Waals surface area contributed by atoms with E-state index >= 15 is 0 Å². The first kappa shape index (κ1) is 12.4. The van der Waals surface area contributed by atoms with Crippen molar-refractivity contribution in [1.82, 2.24) is 4.98 Å². The number of hydrogen-bond donors (Lipinski definition) is 0. The zero-order chi connectivity index (χ0) is 14.2. The molecule has 0 saturated carbocycles. The summed E-state index contributed by atoms with van der Waals surface area (Å²) < 4.78 is 5.83. The van der Waals surface area contributed by atoms with Gasteiger partial charge < -0.3 is 9.64 Å². The highest BCUT2D eigenvalue weighted by Gasteiger charge is 2.34. The molecule has 106 valence electrons. The number of anilines is 1. The minimum Gasteiger partial charge on any atom is -0.480 e. The lowest BCUT2D eigenvalue weighted by molar-refractivity contribution is -0.124. The van der Waals surface area contributed by atoms with E-state index in [4.69, 9.17) is 4.74 Å². The second-order valence-electron chi connectivity index (χ2n) is 5.48. The molecule has 4 heteroatoms. The zero-order valence-electron chi connectivity index (χ0n) is 11.7. The molecule has 4 rings (SSSR count). The van der Waals surface area contributed by atoms with Gasteiger partial charge in [0.25, 0.3) is 5.91 Å². The lowest BCUT2D eigenvalue weighted by Gasteiger charge is -2.30. The molecule has 0 unspecified atom stereocenters. The molecular weight excluding hydrogens is 264 g/mol. The van der Waals surface area contributed by atoms with Crippen LogP contribution in [0.2, 0.25) is 0 Å². The van der Waals surface area contributed by atoms with E-state index in [-0.39, 0.29) is 5.91 Å². The van der Waals surface area contributed by atoms with Crippen molar-refractivity contribution in [2.45, 2.75) is 25.4 Å². The fourth-order valence-electron chi connectivity index (χ4n) is 3.12. The first-order valence-electron chi connectivity index (χ1n) is 7.33. The Kier molecular flexibility index (Phi) is 2.88. The number of hydrogen-bond acceptors (Lipinski definition) is 3. The van der Waals surface area contributed by atoms with E-state index in [9.17, 15) is 4.79 Å². The van der Waals surface area contributed by atoms with Gasteiger partial charge in [0.2, 0.25) is 0 Å². The molecular formula is C17H16N2O2. The topological polar surface area (TPSA) is 42.4 Å². The molecule has 1 aromatic carbocycles. The van der Waals surface area contributed by atoms with Crippen molar-refractivity contribution in [2.24, 2.45) is 0 Å². The van der Waals surface area contributed by atoms with Crippen molar-refractivity contribution in [3.63, 3.8) is 0 Å². The number of amides is 1. The average Bonchev–Trinajstić information content (AvgIpc) is 2.97. The monoisotopic (exact) mass is 280 g/mol. The molecule has 1 amide bonds. The van der Waals surface area contributed by atoms with Gasteiger partial charge in [-0.25, -0.2) is 0 Å². The molecule has 2 aliphatic rings. The van der Waals surface area contributed by atoms with Gasteiger partial charge in [-0.2, -0.15) is 0 Å². The Morgan fingerprint density at radius 3 is 3.05 bits per heavy atom. The number of aromatic nitrogens is 1. The van der Waals surface area contributed by atoms with Gasteiger partial charge in [-0.05, 0) is 36.6 Å². The fraction of sp³-hybridized carbons (Fsp3) is 0.294. The predicted octanol–water partition coefficient (Wildman–Crippen LogP) is 2.36. The Hall–Kier alpha value is -2.36. The van der Waals surface area contributed by atoms with Gasteiger partial charge in [0, 0.05) is 19.2 Å². The Labute approximate surface area is 123 Å². The molecule has 21 heavy (non-hydrogen) atoms. The van der Waals surface area contributed by atoms with Crippen molar-refractivity contribution >= 4 is 11.6 Å². The van der Waals surface area contributed by atoms with E-state index in [1.54, 1.807) is 6.20 Å². The summed E-state index contributed by atoms with van der Waals surface area (Å²) in [6.45, 7) is 0.744. The molecule has 3 heterocycles. The molecule has 4 nitrogen and oxygen atoms in total. The van der Waals surface area contributed by atoms with Crippen molar-refractivity contribution < 1.29 is 9.53 Å². The van der Waals surface area contributed by atoms with E-state index in [0.717, 1.165) is 42.1 Å². The highest BCUT2D eigenvalue weighted by atomic mass is 16.5. The molecule has 1 aromatic heterocycles. The van der Waals surface area contributed by atoms with Gasteiger partial charge in [0.1, 0.15) is 5.75 Å². The minimum atomic E-state index is -0.409. The third-order valence-electron chi connectivity index (χ3n) is 4.14. The zero-order valence-corrected chi connectivity index (χ0v) is 11.7. The maximum absolute atomic E-state index is 12.8. The third-order valence-corrected chi connectivity index (χ3v) is 4.14. The summed E-state index contributed by atoms with van der Waals surface area (Å²) in [7, 11) is 0. The molecule has 0 N–H and O–H groups in total. The van der Waals surface area contributed by atoms with Crippen molar-refractivity contribution in [3.05, 3.63) is 53.9 Å². The van der Waals surface area contributed by atoms with Gasteiger partial charge in [0.15, 0.2) is 6.10 Å². The highest BCUT2D eigenvalue weighted by molar-refractivity contribution is 5.98. The van der Waals surface area contributed by atoms with Crippen LogP contribution in [0.15, 0.2) is 42.6 Å². The molecule has 2 aliphatic heterocycles. The standard InChI is InChI=1S/C17H16N2O2/c20-17(16-11-12-5-1-2-8-15(12)21-16)19-10-4-6-13-14(19)7-3-9-18-13/h1-3,5,7-9,16H,4,6,10-11H2/t16-/m1/s1. The van der Waals surface area contributed by atoms with Crippen LogP contribution >= 0.6 is 0 Å². The summed E-state index contributed by atoms with van der Waals surface area (Å²) >= 11 is 0. The summed E-state index contributed by atoms with van der Waals surface area (Å²) in [5.74, 6) is 0.874. The number of ether oxygens (including phenoxy) is 1. The number of carbonyl (C=O) groups excluding carboxylic acids is 1. The molecule has 0 aliphatic carbocycles. The quantitative estimate of drug-likeness (QED) is 0.805. The van der Waals surface area contributed by atoms with Gasteiger partial charge in [-0.15, -0.1) is 0 Å². The Bertz CT molecular complexity index is 674. The number of carbonyl (C=O) groups is 1. The number of nitrogens with zero attached hydrogens (tertiary/aromatic N) is 2. The van der Waals surface area contributed by atoms with Gasteiger partial charge in [0.05, 0.1) is 11.4 Å². The SMILES string of the molecule is O=C([C@H]1Cc2ccccc2O1)N1CCCc2ncccc21. The van der Waals surface area contributed by atoms with Crippen LogP contribution in [0.4, 0.5) is 5.69 Å². The van der Waals surface area contributed by atoms with Crippen LogP contribution in [0.3, 0.4) is 0 Å². The summed E-state index contributed by atoms with van der Waals surface area (Å²) in [6.07, 6.45) is 3.92. The molecule has 0 saturated heterocycles. The first-order chi connectivity index (χ1) is 10.3. The van der Waals surface area contributed by atoms with E-state index in [1.807, 2.05) is 41.3 Å². The number of benzene rings is 1. The molecule has 0 fully saturated rings. The van der Waals surface area contributed by atoms with Crippen molar-refractivity contribution in [1.29, 1.82) is 0 Å². The summed E-state index contributed by atoms with van der Waals surface area (Å²) in [5, 5.41) is 0. The average molecular weight is 280 g/mol. The number of para-hydroxylation sites is 1. The van der Waals surface area contributed by atoms with E-state index in [0.29, 0.717) is 6.42 Å². The lowest BCUT2D eigenvalue weighted by atomic mass is 10.0. The maximum atomic E-state index is 12.8. The molecule has 1 atom stereocenters. The van der Waals surface area contributed by atoms with Gasteiger partial charge >= 0.3 is 0 Å². The predicted molar refractivity (Wildman–Crippen MR) is 79.5 cm³/mol. The normalized spacial score (nSPS) is 19.6. The highest BCUT2D eigenvalue weighted by Crippen LogP contribution is 2.31. The molecule has 0 radical (unpaired) electrons. The molecule has 2 aromatic rings. The summed E-state index contributed by atoms with van der Waals surface area (Å²) in [5.41, 5.74) is 3.06. The van der Waals surface area contributed by atoms with Crippen LogP contribution in [-0.2, 0) is 17.6 Å². The van der Waals surface area contributed by atoms with Gasteiger partial charge in [-0.3, -0.25) is 9.78 Å². The first-order valence-corrected chi connectivity index (χ1v) is 7.33. The minimum absolute atomic E-state index is 0.0418. The van der Waals surface area contributed by atoms with Crippen molar-refractivity contribution in [3.8, 4) is 5.75 Å². The fourth-order valence-corrected chi connectivity index (χ4v) is 3.12. The van der Waals surface area contributed by atoms with Crippen LogP contribution in [0.25, 0.3) is 0 Å². The van der Waals surface area contributed by atoms with E-state index < -0.39 is 6.10 Å². The van der Waals surface area contributed by atoms with E-state index in [1.165, 1.54) is 0 Å². The smallest absolute Gasteiger partial charge is 0.268 e. The van der Waals surface area contributed by atoms with Crippen LogP contribution in [0, 0.1) is 0 Å². The van der Waals surface area contributed by atoms with Crippen molar-refractivity contribution in [2.75, 3.05) is 11.4 Å². The van der Waals surface area contributed by atoms with Crippen LogP contribution in [0.5, 0.6) is 5.75 Å². The van der Waals surface area contributed by atoms with Crippen LogP contribution in [0.1, 0.15) is 17.7 Å². The van der Waals surface area contributed by atoms with Gasteiger partial charge in [-0.1, -0.05) is 18.2 Å². The van der Waals surface area contributed by atoms with E-state index in [2.05, 4.69) is 4.98 Å². The Morgan fingerprint density at radius 2 is 2.14 bits per heavy atom. The second kappa shape index (κ2) is 4.88. The number of fused-ring (bicyclic) bond motifs is 2. The Balaban J connectivity index is 1.60.